The smallest absolute Gasteiger partial charge is 0.00196 e. The van der Waals surface area contributed by atoms with Gasteiger partial charge in [0.1, 0.15) is 0 Å². The molecule has 0 unspecified atom stereocenters. The summed E-state index contributed by atoms with van der Waals surface area (Å²) in [4.78, 5) is 0. The van der Waals surface area contributed by atoms with Gasteiger partial charge in [-0.2, -0.15) is 0 Å². The quantitative estimate of drug-likeness (QED) is 0.256. The van der Waals surface area contributed by atoms with Crippen LogP contribution in [-0.2, 0) is 12.8 Å². The van der Waals surface area contributed by atoms with Crippen LogP contribution in [0.5, 0.6) is 0 Å². The Balaban J connectivity index is 1.43. The predicted octanol–water partition coefficient (Wildman–Crippen LogP) is 8.51. The maximum atomic E-state index is 2.37. The molecule has 0 nitrogen and oxygen atoms in total. The molecule has 0 aliphatic heterocycles. The van der Waals surface area contributed by atoms with Crippen molar-refractivity contribution < 1.29 is 0 Å². The van der Waals surface area contributed by atoms with Gasteiger partial charge in [0.05, 0.1) is 0 Å². The Labute approximate surface area is 197 Å². The summed E-state index contributed by atoms with van der Waals surface area (Å²) in [7, 11) is 0. The van der Waals surface area contributed by atoms with Gasteiger partial charge in [-0.15, -0.1) is 0 Å². The van der Waals surface area contributed by atoms with Gasteiger partial charge in [0, 0.05) is 0 Å². The highest BCUT2D eigenvalue weighted by Gasteiger charge is 2.10. The first-order valence-electron chi connectivity index (χ1n) is 11.6. The molecular weight excluding hydrogens is 396 g/mol. The Hall–Kier alpha value is -3.90. The second-order valence-electron chi connectivity index (χ2n) is 8.71. The zero-order valence-electron chi connectivity index (χ0n) is 19.0. The molecule has 0 fully saturated rings. The minimum atomic E-state index is 0.924. The van der Waals surface area contributed by atoms with E-state index >= 15 is 0 Å². The summed E-state index contributed by atoms with van der Waals surface area (Å²) in [6.07, 6.45) is 1.88. The molecule has 0 bridgehead atoms. The molecule has 5 rings (SSSR count). The molecule has 0 radical (unpaired) electrons. The molecule has 0 amide bonds. The van der Waals surface area contributed by atoms with Gasteiger partial charge in [0.25, 0.3) is 0 Å². The molecule has 160 valence electrons. The van der Waals surface area contributed by atoms with Crippen LogP contribution >= 0.6 is 0 Å². The third-order valence-corrected chi connectivity index (χ3v) is 6.32. The van der Waals surface area contributed by atoms with Crippen molar-refractivity contribution in [1.29, 1.82) is 0 Å². The molecule has 5 aromatic rings. The van der Waals surface area contributed by atoms with Gasteiger partial charge >= 0.3 is 0 Å². The highest BCUT2D eigenvalue weighted by molar-refractivity contribution is 5.72. The molecule has 5 aromatic carbocycles. The lowest BCUT2D eigenvalue weighted by molar-refractivity contribution is 1.17. The van der Waals surface area contributed by atoms with Crippen molar-refractivity contribution in [1.82, 2.24) is 0 Å². The highest BCUT2D eigenvalue weighted by Crippen LogP contribution is 2.30. The molecule has 0 aromatic heterocycles. The van der Waals surface area contributed by atoms with Crippen LogP contribution in [0.25, 0.3) is 22.3 Å². The van der Waals surface area contributed by atoms with Crippen LogP contribution in [-0.4, -0.2) is 0 Å². The van der Waals surface area contributed by atoms with E-state index in [1.54, 1.807) is 0 Å². The molecule has 0 atom stereocenters. The van der Waals surface area contributed by atoms with Crippen LogP contribution in [0.2, 0.25) is 0 Å². The van der Waals surface area contributed by atoms with E-state index in [0.29, 0.717) is 0 Å². The lowest BCUT2D eigenvalue weighted by atomic mass is 9.90. The van der Waals surface area contributed by atoms with E-state index in [0.717, 1.165) is 12.8 Å². The van der Waals surface area contributed by atoms with Crippen molar-refractivity contribution in [3.8, 4) is 22.3 Å². The van der Waals surface area contributed by atoms with E-state index in [4.69, 9.17) is 0 Å². The van der Waals surface area contributed by atoms with Gasteiger partial charge in [-0.1, -0.05) is 127 Å². The summed E-state index contributed by atoms with van der Waals surface area (Å²) in [6, 6.07) is 46.0. The third-order valence-electron chi connectivity index (χ3n) is 6.32. The minimum Gasteiger partial charge on any atom is -0.0622 e. The Kier molecular flexibility index (Phi) is 6.17. The summed E-state index contributed by atoms with van der Waals surface area (Å²) in [6.45, 7) is 2.22. The van der Waals surface area contributed by atoms with Gasteiger partial charge in [-0.05, 0) is 69.8 Å². The zero-order valence-corrected chi connectivity index (χ0v) is 19.0. The molecule has 33 heavy (non-hydrogen) atoms. The van der Waals surface area contributed by atoms with Crippen molar-refractivity contribution in [2.75, 3.05) is 0 Å². The van der Waals surface area contributed by atoms with Gasteiger partial charge in [-0.3, -0.25) is 0 Å². The average Bonchev–Trinajstić information content (AvgIpc) is 2.87. The third kappa shape index (κ3) is 4.96. The second kappa shape index (κ2) is 9.71. The van der Waals surface area contributed by atoms with E-state index in [1.165, 1.54) is 50.1 Å². The summed E-state index contributed by atoms with van der Waals surface area (Å²) < 4.78 is 0. The van der Waals surface area contributed by atoms with E-state index in [1.807, 2.05) is 0 Å². The lowest BCUT2D eigenvalue weighted by Crippen LogP contribution is -1.96. The van der Waals surface area contributed by atoms with Crippen LogP contribution in [0.4, 0.5) is 0 Å². The lowest BCUT2D eigenvalue weighted by Gasteiger charge is -2.14. The second-order valence-corrected chi connectivity index (χ2v) is 8.71. The largest absolute Gasteiger partial charge is 0.0622 e. The topological polar surface area (TPSA) is 0 Å². The molecule has 0 N–H and O–H groups in total. The Morgan fingerprint density at radius 2 is 1.00 bits per heavy atom. The van der Waals surface area contributed by atoms with Gasteiger partial charge in [-0.25, -0.2) is 0 Å². The fraction of sp³-hybridized carbons (Fsp3) is 0.0909. The molecule has 0 aliphatic carbocycles. The Bertz CT molecular complexity index is 1330. The van der Waals surface area contributed by atoms with E-state index < -0.39 is 0 Å². The molecule has 0 saturated heterocycles. The SMILES string of the molecule is Cc1ccc(Cc2ccccc2)cc1-c1ccccc1Cc1ccc(-c2ccccc2)cc1. The Morgan fingerprint density at radius 1 is 0.424 bits per heavy atom. The molecule has 0 aliphatic rings. The van der Waals surface area contributed by atoms with Crippen LogP contribution < -0.4 is 0 Å². The molecule has 0 saturated carbocycles. The van der Waals surface area contributed by atoms with Gasteiger partial charge in [0.15, 0.2) is 0 Å². The van der Waals surface area contributed by atoms with Crippen molar-refractivity contribution in [3.05, 3.63) is 155 Å². The monoisotopic (exact) mass is 424 g/mol. The minimum absolute atomic E-state index is 0.924. The Morgan fingerprint density at radius 3 is 1.76 bits per heavy atom. The van der Waals surface area contributed by atoms with Crippen LogP contribution in [0.3, 0.4) is 0 Å². The first-order chi connectivity index (χ1) is 16.3. The normalized spacial score (nSPS) is 10.8. The fourth-order valence-electron chi connectivity index (χ4n) is 4.50. The van der Waals surface area contributed by atoms with Crippen molar-refractivity contribution in [2.24, 2.45) is 0 Å². The zero-order chi connectivity index (χ0) is 22.5. The molecule has 0 spiro atoms. The van der Waals surface area contributed by atoms with Crippen molar-refractivity contribution >= 4 is 0 Å². The maximum Gasteiger partial charge on any atom is -0.00196 e. The number of hydrogen-bond donors (Lipinski definition) is 0. The number of hydrogen-bond acceptors (Lipinski definition) is 0. The fourth-order valence-corrected chi connectivity index (χ4v) is 4.50. The summed E-state index contributed by atoms with van der Waals surface area (Å²) in [5.41, 5.74) is 11.9. The maximum absolute atomic E-state index is 2.37. The van der Waals surface area contributed by atoms with Gasteiger partial charge in [0.2, 0.25) is 0 Å². The van der Waals surface area contributed by atoms with E-state index in [2.05, 4.69) is 134 Å². The van der Waals surface area contributed by atoms with Crippen molar-refractivity contribution in [3.63, 3.8) is 0 Å². The summed E-state index contributed by atoms with van der Waals surface area (Å²) in [5.74, 6) is 0. The number of benzene rings is 5. The number of rotatable bonds is 6. The van der Waals surface area contributed by atoms with Crippen LogP contribution in [0.1, 0.15) is 27.8 Å². The van der Waals surface area contributed by atoms with Crippen LogP contribution in [0.15, 0.2) is 127 Å². The standard InChI is InChI=1S/C33H28/c1-25-16-17-28(22-26-10-4-2-5-11-26)24-33(25)32-15-9-8-14-31(32)23-27-18-20-30(21-19-27)29-12-6-3-7-13-29/h2-21,24H,22-23H2,1H3. The molecule has 0 heteroatoms. The van der Waals surface area contributed by atoms with Crippen LogP contribution in [0, 0.1) is 6.92 Å². The van der Waals surface area contributed by atoms with Crippen molar-refractivity contribution in [2.45, 2.75) is 19.8 Å². The van der Waals surface area contributed by atoms with E-state index in [9.17, 15) is 0 Å². The molecular formula is C33H28. The highest BCUT2D eigenvalue weighted by atomic mass is 14.1. The molecule has 0 heterocycles. The number of aryl methyl sites for hydroxylation is 1. The summed E-state index contributed by atoms with van der Waals surface area (Å²) in [5, 5.41) is 0. The average molecular weight is 425 g/mol. The predicted molar refractivity (Wildman–Crippen MR) is 141 cm³/mol. The van der Waals surface area contributed by atoms with Gasteiger partial charge < -0.3 is 0 Å². The first kappa shape index (κ1) is 21.0. The van der Waals surface area contributed by atoms with E-state index in [-0.39, 0.29) is 0 Å². The summed E-state index contributed by atoms with van der Waals surface area (Å²) >= 11 is 0. The first-order valence-corrected chi connectivity index (χ1v) is 11.6.